The van der Waals surface area contributed by atoms with E-state index in [2.05, 4.69) is 23.5 Å². The van der Waals surface area contributed by atoms with Gasteiger partial charge in [-0.1, -0.05) is 23.8 Å². The third-order valence-electron chi connectivity index (χ3n) is 2.78. The fraction of sp³-hybridized carbons (Fsp3) is 0.500. The maximum atomic E-state index is 11.7. The van der Waals surface area contributed by atoms with Gasteiger partial charge in [-0.25, -0.2) is 0 Å². The number of amides is 1. The quantitative estimate of drug-likeness (QED) is 0.861. The highest BCUT2D eigenvalue weighted by molar-refractivity contribution is 5.85. The fourth-order valence-electron chi connectivity index (χ4n) is 1.67. The van der Waals surface area contributed by atoms with Crippen LogP contribution < -0.4 is 11.1 Å². The zero-order valence-electron chi connectivity index (χ0n) is 11.3. The van der Waals surface area contributed by atoms with Gasteiger partial charge < -0.3 is 11.1 Å². The molecule has 0 radical (unpaired) electrons. The van der Waals surface area contributed by atoms with Crippen LogP contribution in [-0.4, -0.2) is 18.5 Å². The largest absolute Gasteiger partial charge is 0.356 e. The molecule has 0 aliphatic rings. The van der Waals surface area contributed by atoms with Crippen LogP contribution in [0.15, 0.2) is 18.2 Å². The van der Waals surface area contributed by atoms with E-state index < -0.39 is 0 Å². The molecule has 18 heavy (non-hydrogen) atoms. The second-order valence-electron chi connectivity index (χ2n) is 4.72. The third-order valence-corrected chi connectivity index (χ3v) is 2.78. The molecule has 0 spiro atoms. The topological polar surface area (TPSA) is 55.1 Å². The lowest BCUT2D eigenvalue weighted by molar-refractivity contribution is -0.120. The van der Waals surface area contributed by atoms with Crippen molar-refractivity contribution < 1.29 is 4.79 Å². The Kier molecular flexibility index (Phi) is 7.64. The minimum Gasteiger partial charge on any atom is -0.356 e. The first kappa shape index (κ1) is 16.9. The Morgan fingerprint density at radius 2 is 2.06 bits per heavy atom. The Balaban J connectivity index is 0.00000289. The van der Waals surface area contributed by atoms with E-state index in [1.54, 1.807) is 0 Å². The second kappa shape index (κ2) is 8.11. The summed E-state index contributed by atoms with van der Waals surface area (Å²) in [5.41, 5.74) is 9.08. The molecule has 1 aromatic rings. The van der Waals surface area contributed by atoms with Crippen LogP contribution in [0.1, 0.15) is 30.0 Å². The van der Waals surface area contributed by atoms with Crippen LogP contribution in [0.3, 0.4) is 0 Å². The lowest BCUT2D eigenvalue weighted by Crippen LogP contribution is -2.30. The molecule has 1 aromatic carbocycles. The van der Waals surface area contributed by atoms with Crippen molar-refractivity contribution in [2.45, 2.75) is 39.7 Å². The maximum Gasteiger partial charge on any atom is 0.224 e. The Morgan fingerprint density at radius 3 is 2.67 bits per heavy atom. The van der Waals surface area contributed by atoms with Crippen molar-refractivity contribution in [1.82, 2.24) is 5.32 Å². The zero-order chi connectivity index (χ0) is 12.8. The Bertz CT molecular complexity index is 391. The summed E-state index contributed by atoms with van der Waals surface area (Å²) >= 11 is 0. The van der Waals surface area contributed by atoms with Crippen molar-refractivity contribution in [3.8, 4) is 0 Å². The van der Waals surface area contributed by atoms with Gasteiger partial charge in [0.15, 0.2) is 0 Å². The number of carbonyl (C=O) groups excluding carboxylic acids is 1. The van der Waals surface area contributed by atoms with Crippen molar-refractivity contribution in [3.63, 3.8) is 0 Å². The zero-order valence-corrected chi connectivity index (χ0v) is 12.1. The molecule has 0 fully saturated rings. The molecule has 0 aromatic heterocycles. The Morgan fingerprint density at radius 1 is 1.39 bits per heavy atom. The number of hydrogen-bond donors (Lipinski definition) is 2. The number of nitrogens with one attached hydrogen (secondary N) is 1. The minimum atomic E-state index is 0. The van der Waals surface area contributed by atoms with E-state index in [-0.39, 0.29) is 24.4 Å². The van der Waals surface area contributed by atoms with Gasteiger partial charge in [0, 0.05) is 12.6 Å². The highest BCUT2D eigenvalue weighted by atomic mass is 35.5. The molecule has 1 atom stereocenters. The molecule has 102 valence electrons. The van der Waals surface area contributed by atoms with Gasteiger partial charge in [0.25, 0.3) is 0 Å². The first-order valence-corrected chi connectivity index (χ1v) is 6.07. The van der Waals surface area contributed by atoms with E-state index in [9.17, 15) is 4.79 Å². The lowest BCUT2D eigenvalue weighted by Gasteiger charge is -2.09. The predicted octanol–water partition coefficient (Wildman–Crippen LogP) is 2.12. The molecule has 1 rings (SSSR count). The van der Waals surface area contributed by atoms with Gasteiger partial charge in [-0.15, -0.1) is 12.4 Å². The summed E-state index contributed by atoms with van der Waals surface area (Å²) in [6.07, 6.45) is 1.27. The van der Waals surface area contributed by atoms with Crippen LogP contribution in [-0.2, 0) is 11.2 Å². The van der Waals surface area contributed by atoms with Crippen molar-refractivity contribution in [1.29, 1.82) is 0 Å². The number of halogens is 1. The number of aryl methyl sites for hydroxylation is 2. The minimum absolute atomic E-state index is 0. The fourth-order valence-corrected chi connectivity index (χ4v) is 1.67. The van der Waals surface area contributed by atoms with Crippen LogP contribution >= 0.6 is 12.4 Å². The van der Waals surface area contributed by atoms with Crippen LogP contribution in [0, 0.1) is 13.8 Å². The summed E-state index contributed by atoms with van der Waals surface area (Å²) in [4.78, 5) is 11.7. The van der Waals surface area contributed by atoms with Gasteiger partial charge in [-0.05, 0) is 38.3 Å². The smallest absolute Gasteiger partial charge is 0.224 e. The van der Waals surface area contributed by atoms with Crippen LogP contribution in [0.2, 0.25) is 0 Å². The molecule has 0 heterocycles. The van der Waals surface area contributed by atoms with E-state index in [0.717, 1.165) is 17.5 Å². The number of rotatable bonds is 5. The summed E-state index contributed by atoms with van der Waals surface area (Å²) in [6.45, 7) is 6.67. The number of nitrogens with two attached hydrogens (primary N) is 1. The number of benzene rings is 1. The van der Waals surface area contributed by atoms with E-state index in [1.165, 1.54) is 5.56 Å². The highest BCUT2D eigenvalue weighted by Crippen LogP contribution is 2.11. The second-order valence-corrected chi connectivity index (χ2v) is 4.72. The molecule has 3 nitrogen and oxygen atoms in total. The predicted molar refractivity (Wildman–Crippen MR) is 78.1 cm³/mol. The molecule has 0 bridgehead atoms. The average molecular weight is 271 g/mol. The summed E-state index contributed by atoms with van der Waals surface area (Å²) in [5, 5.41) is 2.89. The van der Waals surface area contributed by atoms with Crippen molar-refractivity contribution in [3.05, 3.63) is 34.9 Å². The van der Waals surface area contributed by atoms with E-state index in [1.807, 2.05) is 20.8 Å². The molecule has 4 heteroatoms. The Hall–Kier alpha value is -1.06. The maximum absolute atomic E-state index is 11.7. The van der Waals surface area contributed by atoms with Gasteiger partial charge >= 0.3 is 0 Å². The summed E-state index contributed by atoms with van der Waals surface area (Å²) in [5.74, 6) is 0.0688. The molecule has 0 saturated heterocycles. The van der Waals surface area contributed by atoms with Crippen molar-refractivity contribution in [2.24, 2.45) is 5.73 Å². The van der Waals surface area contributed by atoms with Crippen LogP contribution in [0.5, 0.6) is 0 Å². The number of carbonyl (C=O) groups is 1. The van der Waals surface area contributed by atoms with Crippen molar-refractivity contribution >= 4 is 18.3 Å². The van der Waals surface area contributed by atoms with Gasteiger partial charge in [0.2, 0.25) is 5.91 Å². The number of hydrogen-bond acceptors (Lipinski definition) is 2. The first-order chi connectivity index (χ1) is 7.99. The summed E-state index contributed by atoms with van der Waals surface area (Å²) < 4.78 is 0. The van der Waals surface area contributed by atoms with Crippen LogP contribution in [0.4, 0.5) is 0 Å². The van der Waals surface area contributed by atoms with E-state index in [4.69, 9.17) is 5.73 Å². The molecular weight excluding hydrogens is 248 g/mol. The molecule has 1 amide bonds. The summed E-state index contributed by atoms with van der Waals surface area (Å²) in [7, 11) is 0. The van der Waals surface area contributed by atoms with Gasteiger partial charge in [0.1, 0.15) is 0 Å². The van der Waals surface area contributed by atoms with Gasteiger partial charge in [-0.3, -0.25) is 4.79 Å². The Labute approximate surface area is 116 Å². The van der Waals surface area contributed by atoms with Gasteiger partial charge in [-0.2, -0.15) is 0 Å². The summed E-state index contributed by atoms with van der Waals surface area (Å²) in [6, 6.07) is 6.32. The van der Waals surface area contributed by atoms with E-state index in [0.29, 0.717) is 13.0 Å². The normalized spacial score (nSPS) is 11.6. The highest BCUT2D eigenvalue weighted by Gasteiger charge is 2.06. The van der Waals surface area contributed by atoms with Crippen LogP contribution in [0.25, 0.3) is 0 Å². The molecule has 0 aliphatic heterocycles. The lowest BCUT2D eigenvalue weighted by atomic mass is 10.0. The monoisotopic (exact) mass is 270 g/mol. The molecule has 1 unspecified atom stereocenters. The molecule has 0 saturated carbocycles. The standard InChI is InChI=1S/C14H22N2O.ClH/c1-10-4-5-11(2)13(8-10)9-14(17)16-7-6-12(3)15;/h4-5,8,12H,6-7,9,15H2,1-3H3,(H,16,17);1H. The first-order valence-electron chi connectivity index (χ1n) is 6.07. The van der Waals surface area contributed by atoms with Crippen molar-refractivity contribution in [2.75, 3.05) is 6.54 Å². The van der Waals surface area contributed by atoms with E-state index >= 15 is 0 Å². The molecular formula is C14H23ClN2O. The molecule has 3 N–H and O–H groups in total. The van der Waals surface area contributed by atoms with Gasteiger partial charge in [0.05, 0.1) is 6.42 Å². The SMILES string of the molecule is Cc1ccc(C)c(CC(=O)NCCC(C)N)c1.Cl. The molecule has 0 aliphatic carbocycles. The average Bonchev–Trinajstić information content (AvgIpc) is 2.23. The third kappa shape index (κ3) is 6.03.